The second kappa shape index (κ2) is 7.80. The molecule has 2 amide bonds. The summed E-state index contributed by atoms with van der Waals surface area (Å²) in [5, 5.41) is 3.47. The molecule has 0 radical (unpaired) electrons. The van der Waals surface area contributed by atoms with Gasteiger partial charge in [0.25, 0.3) is 11.8 Å². The van der Waals surface area contributed by atoms with Crippen molar-refractivity contribution in [1.82, 2.24) is 10.2 Å². The molecule has 152 valence electrons. The number of nitrogens with one attached hydrogen (secondary N) is 1. The number of allylic oxidation sites excluding steroid dienone is 2. The van der Waals surface area contributed by atoms with Crippen molar-refractivity contribution in [3.8, 4) is 5.75 Å². The van der Waals surface area contributed by atoms with Gasteiger partial charge >= 0.3 is 0 Å². The van der Waals surface area contributed by atoms with Crippen molar-refractivity contribution in [2.24, 2.45) is 4.99 Å². The predicted octanol–water partition coefficient (Wildman–Crippen LogP) is 3.73. The number of amidine groups is 1. The summed E-state index contributed by atoms with van der Waals surface area (Å²) >= 11 is 6.00. The van der Waals surface area contributed by atoms with Crippen molar-refractivity contribution in [2.45, 2.75) is 19.0 Å². The molecule has 2 heterocycles. The molecule has 1 atom stereocenters. The first-order valence-electron chi connectivity index (χ1n) is 9.41. The summed E-state index contributed by atoms with van der Waals surface area (Å²) in [6, 6.07) is 13.8. The maximum Gasteiger partial charge on any atom is 0.281 e. The van der Waals surface area contributed by atoms with Crippen LogP contribution in [-0.2, 0) is 11.2 Å². The molecular formula is C23H20ClN3O3. The number of fused-ring (bicyclic) bond motifs is 1. The number of hydrogen-bond donors (Lipinski definition) is 1. The average Bonchev–Trinajstić information content (AvgIpc) is 3.00. The fourth-order valence-electron chi connectivity index (χ4n) is 3.43. The van der Waals surface area contributed by atoms with Gasteiger partial charge in [-0.05, 0) is 66.6 Å². The van der Waals surface area contributed by atoms with Crippen LogP contribution in [0, 0.1) is 0 Å². The summed E-state index contributed by atoms with van der Waals surface area (Å²) < 4.78 is 5.14. The number of hydrogen-bond acceptors (Lipinski definition) is 4. The maximum absolute atomic E-state index is 13.4. The number of benzene rings is 2. The molecular weight excluding hydrogens is 402 g/mol. The van der Waals surface area contributed by atoms with E-state index in [2.05, 4.69) is 10.3 Å². The Morgan fingerprint density at radius 3 is 2.53 bits per heavy atom. The molecule has 4 rings (SSSR count). The summed E-state index contributed by atoms with van der Waals surface area (Å²) in [6.07, 6.45) is 5.53. The summed E-state index contributed by atoms with van der Waals surface area (Å²) in [5.74, 6) is 0.439. The quantitative estimate of drug-likeness (QED) is 0.799. The first-order chi connectivity index (χ1) is 14.4. The molecule has 0 bridgehead atoms. The molecule has 0 aliphatic carbocycles. The normalized spacial score (nSPS) is 19.8. The van der Waals surface area contributed by atoms with Crippen molar-refractivity contribution in [2.75, 3.05) is 7.11 Å². The summed E-state index contributed by atoms with van der Waals surface area (Å²) in [6.45, 7) is 1.93. The Morgan fingerprint density at radius 2 is 1.87 bits per heavy atom. The molecule has 2 aliphatic heterocycles. The van der Waals surface area contributed by atoms with Gasteiger partial charge in [0.1, 0.15) is 11.6 Å². The molecule has 2 aromatic carbocycles. The molecule has 0 fully saturated rings. The van der Waals surface area contributed by atoms with Crippen molar-refractivity contribution in [1.29, 1.82) is 0 Å². The number of ether oxygens (including phenoxy) is 1. The monoisotopic (exact) mass is 421 g/mol. The molecule has 1 N–H and O–H groups in total. The van der Waals surface area contributed by atoms with E-state index in [-0.39, 0.29) is 12.3 Å². The van der Waals surface area contributed by atoms with Crippen LogP contribution < -0.4 is 10.1 Å². The third-order valence-corrected chi connectivity index (χ3v) is 5.27. The lowest BCUT2D eigenvalue weighted by atomic mass is 9.98. The summed E-state index contributed by atoms with van der Waals surface area (Å²) in [4.78, 5) is 32.5. The zero-order valence-electron chi connectivity index (χ0n) is 16.6. The van der Waals surface area contributed by atoms with E-state index in [0.717, 1.165) is 11.1 Å². The van der Waals surface area contributed by atoms with Gasteiger partial charge in [0.05, 0.1) is 7.11 Å². The van der Waals surface area contributed by atoms with Crippen molar-refractivity contribution < 1.29 is 14.3 Å². The van der Waals surface area contributed by atoms with E-state index >= 15 is 0 Å². The molecule has 2 aliphatic rings. The van der Waals surface area contributed by atoms with Crippen LogP contribution in [-0.4, -0.2) is 35.3 Å². The van der Waals surface area contributed by atoms with Crippen LogP contribution in [0.15, 0.2) is 77.4 Å². The Labute approximate surface area is 179 Å². The van der Waals surface area contributed by atoms with E-state index in [1.165, 1.54) is 4.90 Å². The van der Waals surface area contributed by atoms with Crippen LogP contribution in [0.2, 0.25) is 5.02 Å². The highest BCUT2D eigenvalue weighted by atomic mass is 35.5. The smallest absolute Gasteiger partial charge is 0.281 e. The van der Waals surface area contributed by atoms with Crippen LogP contribution in [0.1, 0.15) is 22.8 Å². The number of amides is 2. The highest BCUT2D eigenvalue weighted by Gasteiger charge is 2.49. The summed E-state index contributed by atoms with van der Waals surface area (Å²) in [5.41, 5.74) is 0.760. The van der Waals surface area contributed by atoms with E-state index in [1.807, 2.05) is 31.2 Å². The molecule has 0 saturated carbocycles. The van der Waals surface area contributed by atoms with Gasteiger partial charge in [-0.2, -0.15) is 0 Å². The van der Waals surface area contributed by atoms with Gasteiger partial charge in [-0.1, -0.05) is 23.7 Å². The Hall–Kier alpha value is -3.38. The van der Waals surface area contributed by atoms with Gasteiger partial charge in [0.2, 0.25) is 5.66 Å². The van der Waals surface area contributed by atoms with Crippen LogP contribution in [0.25, 0.3) is 0 Å². The number of carbonyl (C=O) groups excluding carboxylic acids is 2. The van der Waals surface area contributed by atoms with Crippen LogP contribution >= 0.6 is 11.6 Å². The first-order valence-corrected chi connectivity index (χ1v) is 9.79. The molecule has 0 spiro atoms. The Bertz CT molecular complexity index is 1090. The molecule has 6 nitrogen and oxygen atoms in total. The van der Waals surface area contributed by atoms with E-state index in [0.29, 0.717) is 22.2 Å². The number of nitrogens with zero attached hydrogens (tertiary/aromatic N) is 2. The fourth-order valence-corrected chi connectivity index (χ4v) is 3.56. The second-order valence-corrected chi connectivity index (χ2v) is 7.63. The van der Waals surface area contributed by atoms with Gasteiger partial charge in [-0.3, -0.25) is 14.5 Å². The Balaban J connectivity index is 1.70. The minimum Gasteiger partial charge on any atom is -0.497 e. The zero-order chi connectivity index (χ0) is 21.3. The molecule has 0 saturated heterocycles. The minimum absolute atomic E-state index is 0.200. The lowest BCUT2D eigenvalue weighted by Gasteiger charge is -2.27. The predicted molar refractivity (Wildman–Crippen MR) is 116 cm³/mol. The van der Waals surface area contributed by atoms with E-state index < -0.39 is 11.6 Å². The molecule has 0 aromatic heterocycles. The molecule has 30 heavy (non-hydrogen) atoms. The SMILES string of the molecule is COc1ccc(C(=O)NC2(Cc3ccc(Cl)cc3)N=C3C=C(C)C=CN3C2=O)cc1. The lowest BCUT2D eigenvalue weighted by molar-refractivity contribution is -0.130. The summed E-state index contributed by atoms with van der Waals surface area (Å²) in [7, 11) is 1.56. The highest BCUT2D eigenvalue weighted by Crippen LogP contribution is 2.29. The number of rotatable bonds is 5. The van der Waals surface area contributed by atoms with Crippen molar-refractivity contribution in [3.63, 3.8) is 0 Å². The van der Waals surface area contributed by atoms with Crippen molar-refractivity contribution >= 4 is 29.3 Å². The number of aliphatic imine (C=N–C) groups is 1. The fraction of sp³-hybridized carbons (Fsp3) is 0.174. The zero-order valence-corrected chi connectivity index (χ0v) is 17.3. The third kappa shape index (κ3) is 3.74. The molecule has 7 heteroatoms. The first kappa shape index (κ1) is 19.9. The minimum atomic E-state index is -1.45. The van der Waals surface area contributed by atoms with E-state index in [4.69, 9.17) is 16.3 Å². The third-order valence-electron chi connectivity index (χ3n) is 5.01. The van der Waals surface area contributed by atoms with Gasteiger partial charge in [0, 0.05) is 23.2 Å². The molecule has 2 aromatic rings. The van der Waals surface area contributed by atoms with Gasteiger partial charge in [-0.15, -0.1) is 0 Å². The topological polar surface area (TPSA) is 71.0 Å². The van der Waals surface area contributed by atoms with Crippen LogP contribution in [0.4, 0.5) is 0 Å². The average molecular weight is 422 g/mol. The standard InChI is InChI=1S/C23H20ClN3O3/c1-15-11-12-27-20(13-15)25-23(22(27)29,14-16-3-7-18(24)8-4-16)26-21(28)17-5-9-19(30-2)10-6-17/h3-13H,14H2,1-2H3,(H,26,28). The highest BCUT2D eigenvalue weighted by molar-refractivity contribution is 6.30. The Morgan fingerprint density at radius 1 is 1.17 bits per heavy atom. The largest absolute Gasteiger partial charge is 0.497 e. The number of halogens is 1. The van der Waals surface area contributed by atoms with Gasteiger partial charge < -0.3 is 10.1 Å². The number of carbonyl (C=O) groups is 2. The van der Waals surface area contributed by atoms with Gasteiger partial charge in [0.15, 0.2) is 0 Å². The van der Waals surface area contributed by atoms with Gasteiger partial charge in [-0.25, -0.2) is 4.99 Å². The van der Waals surface area contributed by atoms with E-state index in [1.54, 1.807) is 49.7 Å². The lowest BCUT2D eigenvalue weighted by Crippen LogP contribution is -2.55. The maximum atomic E-state index is 13.4. The van der Waals surface area contributed by atoms with Crippen molar-refractivity contribution in [3.05, 3.63) is 88.6 Å². The van der Waals surface area contributed by atoms with E-state index in [9.17, 15) is 9.59 Å². The molecule has 1 unspecified atom stereocenters. The number of methoxy groups -OCH3 is 1. The second-order valence-electron chi connectivity index (χ2n) is 7.20. The van der Waals surface area contributed by atoms with Crippen LogP contribution in [0.5, 0.6) is 5.75 Å². The Kier molecular flexibility index (Phi) is 5.18. The van der Waals surface area contributed by atoms with Crippen LogP contribution in [0.3, 0.4) is 0 Å².